The maximum absolute atomic E-state index is 13.1. The van der Waals surface area contributed by atoms with Crippen LogP contribution < -0.4 is 4.74 Å². The molecule has 4 rings (SSSR count). The second-order valence-electron chi connectivity index (χ2n) is 7.43. The van der Waals surface area contributed by atoms with Crippen molar-refractivity contribution in [2.75, 3.05) is 13.7 Å². The largest absolute Gasteiger partial charge is 0.507 e. The first-order valence-corrected chi connectivity index (χ1v) is 10.9. The lowest BCUT2D eigenvalue weighted by atomic mass is 9.95. The van der Waals surface area contributed by atoms with E-state index in [-0.39, 0.29) is 11.3 Å². The van der Waals surface area contributed by atoms with E-state index >= 15 is 0 Å². The van der Waals surface area contributed by atoms with Gasteiger partial charge in [-0.3, -0.25) is 9.59 Å². The number of halogens is 1. The number of Topliss-reactive ketones (excluding diaryl/α,β-unsaturated/α-hetero) is 1. The fourth-order valence-corrected chi connectivity index (χ4v) is 4.14. The summed E-state index contributed by atoms with van der Waals surface area (Å²) < 4.78 is 8.11. The number of carbonyl (C=O) groups excluding carboxylic acids is 2. The lowest BCUT2D eigenvalue weighted by Crippen LogP contribution is -2.31. The summed E-state index contributed by atoms with van der Waals surface area (Å²) in [5.41, 5.74) is 1.25. The van der Waals surface area contributed by atoms with Crippen molar-refractivity contribution in [1.29, 1.82) is 0 Å². The lowest BCUT2D eigenvalue weighted by Gasteiger charge is -2.25. The van der Waals surface area contributed by atoms with Crippen molar-refractivity contribution < 1.29 is 19.4 Å². The molecule has 1 amide bonds. The maximum atomic E-state index is 13.1. The zero-order valence-electron chi connectivity index (χ0n) is 17.4. The van der Waals surface area contributed by atoms with E-state index in [9.17, 15) is 14.7 Å². The van der Waals surface area contributed by atoms with E-state index < -0.39 is 17.7 Å². The molecule has 1 fully saturated rings. The van der Waals surface area contributed by atoms with Crippen LogP contribution in [0.25, 0.3) is 5.76 Å². The fraction of sp³-hybridized carbons (Fsp3) is 0.208. The summed E-state index contributed by atoms with van der Waals surface area (Å²) in [6.45, 7) is 1.00. The number of aliphatic hydroxyl groups is 1. The SMILES string of the molecule is COc1cccc(C2C(=C(O)c3ccc(Br)cc3)C(=O)C(=O)N2CCCn2ccnc2)c1. The predicted octanol–water partition coefficient (Wildman–Crippen LogP) is 4.17. The number of ketones is 1. The van der Waals surface area contributed by atoms with Crippen LogP contribution in [0, 0.1) is 0 Å². The highest BCUT2D eigenvalue weighted by atomic mass is 79.9. The molecule has 1 aromatic heterocycles. The highest BCUT2D eigenvalue weighted by Gasteiger charge is 2.45. The number of imidazole rings is 1. The number of aryl methyl sites for hydroxylation is 1. The van der Waals surface area contributed by atoms with Crippen LogP contribution in [0.15, 0.2) is 77.3 Å². The van der Waals surface area contributed by atoms with Gasteiger partial charge in [-0.05, 0) is 36.2 Å². The summed E-state index contributed by atoms with van der Waals surface area (Å²) in [7, 11) is 1.56. The van der Waals surface area contributed by atoms with Crippen LogP contribution >= 0.6 is 15.9 Å². The van der Waals surface area contributed by atoms with Gasteiger partial charge in [0.05, 0.1) is 25.1 Å². The van der Waals surface area contributed by atoms with Gasteiger partial charge in [-0.1, -0.05) is 40.2 Å². The molecular weight excluding hydrogens is 474 g/mol. The number of ether oxygens (including phenoxy) is 1. The Labute approximate surface area is 194 Å². The Bertz CT molecular complexity index is 1160. The van der Waals surface area contributed by atoms with Crippen molar-refractivity contribution in [2.24, 2.45) is 0 Å². The first-order chi connectivity index (χ1) is 15.5. The summed E-state index contributed by atoms with van der Waals surface area (Å²) in [5.74, 6) is -0.904. The number of benzene rings is 2. The Hall–Kier alpha value is -3.39. The Kier molecular flexibility index (Phi) is 6.41. The number of hydrogen-bond donors (Lipinski definition) is 1. The quantitative estimate of drug-likeness (QED) is 0.302. The molecule has 0 spiro atoms. The number of aliphatic hydroxyl groups excluding tert-OH is 1. The molecule has 164 valence electrons. The van der Waals surface area contributed by atoms with Gasteiger partial charge in [0.25, 0.3) is 11.7 Å². The normalized spacial score (nSPS) is 17.7. The molecule has 2 heterocycles. The van der Waals surface area contributed by atoms with Gasteiger partial charge >= 0.3 is 0 Å². The molecule has 1 N–H and O–H groups in total. The minimum atomic E-state index is -0.712. The molecule has 32 heavy (non-hydrogen) atoms. The first-order valence-electron chi connectivity index (χ1n) is 10.1. The monoisotopic (exact) mass is 495 g/mol. The summed E-state index contributed by atoms with van der Waals surface area (Å²) in [4.78, 5) is 31.6. The third-order valence-electron chi connectivity index (χ3n) is 5.44. The number of aromatic nitrogens is 2. The van der Waals surface area contributed by atoms with E-state index in [0.29, 0.717) is 36.4 Å². The second kappa shape index (κ2) is 9.40. The average molecular weight is 496 g/mol. The van der Waals surface area contributed by atoms with E-state index in [2.05, 4.69) is 20.9 Å². The molecule has 3 aromatic rings. The standard InChI is InChI=1S/C24H22BrN3O4/c1-32-19-5-2-4-17(14-19)21-20(22(29)16-6-8-18(25)9-7-16)23(30)24(31)28(21)12-3-11-27-13-10-26-15-27/h2,4-10,13-15,21,29H,3,11-12H2,1H3. The highest BCUT2D eigenvalue weighted by molar-refractivity contribution is 9.10. The third kappa shape index (κ3) is 4.31. The zero-order chi connectivity index (χ0) is 22.7. The molecule has 0 radical (unpaired) electrons. The highest BCUT2D eigenvalue weighted by Crippen LogP contribution is 2.40. The summed E-state index contributed by atoms with van der Waals surface area (Å²) >= 11 is 3.37. The number of likely N-dealkylation sites (tertiary alicyclic amines) is 1. The van der Waals surface area contributed by atoms with Crippen molar-refractivity contribution in [3.8, 4) is 5.75 Å². The van der Waals surface area contributed by atoms with Crippen LogP contribution in [0.4, 0.5) is 0 Å². The molecule has 1 unspecified atom stereocenters. The second-order valence-corrected chi connectivity index (χ2v) is 8.35. The number of nitrogens with zero attached hydrogens (tertiary/aromatic N) is 3. The van der Waals surface area contributed by atoms with E-state index in [1.54, 1.807) is 62.1 Å². The van der Waals surface area contributed by atoms with Crippen LogP contribution in [-0.4, -0.2) is 44.9 Å². The third-order valence-corrected chi connectivity index (χ3v) is 5.97. The van der Waals surface area contributed by atoms with Crippen molar-refractivity contribution in [1.82, 2.24) is 14.5 Å². The minimum Gasteiger partial charge on any atom is -0.507 e. The molecule has 1 aliphatic rings. The van der Waals surface area contributed by atoms with Gasteiger partial charge in [0.1, 0.15) is 11.5 Å². The van der Waals surface area contributed by atoms with E-state index in [1.807, 2.05) is 16.8 Å². The molecule has 0 aliphatic carbocycles. The van der Waals surface area contributed by atoms with Gasteiger partial charge in [-0.15, -0.1) is 0 Å². The first kappa shape index (κ1) is 21.8. The van der Waals surface area contributed by atoms with E-state index in [0.717, 1.165) is 4.47 Å². The number of hydrogen-bond acceptors (Lipinski definition) is 5. The van der Waals surface area contributed by atoms with Crippen LogP contribution in [0.5, 0.6) is 5.75 Å². The Morgan fingerprint density at radius 2 is 1.94 bits per heavy atom. The van der Waals surface area contributed by atoms with Gasteiger partial charge in [-0.2, -0.15) is 0 Å². The topological polar surface area (TPSA) is 84.7 Å². The van der Waals surface area contributed by atoms with Crippen molar-refractivity contribution in [3.05, 3.63) is 88.4 Å². The molecule has 2 aromatic carbocycles. The molecule has 1 saturated heterocycles. The van der Waals surface area contributed by atoms with Gasteiger partial charge in [0.2, 0.25) is 0 Å². The van der Waals surface area contributed by atoms with Gasteiger partial charge in [0.15, 0.2) is 0 Å². The summed E-state index contributed by atoms with van der Waals surface area (Å²) in [6.07, 6.45) is 5.88. The van der Waals surface area contributed by atoms with E-state index in [4.69, 9.17) is 4.74 Å². The number of methoxy groups -OCH3 is 1. The van der Waals surface area contributed by atoms with Gasteiger partial charge in [0, 0.05) is 35.5 Å². The Morgan fingerprint density at radius 3 is 2.62 bits per heavy atom. The predicted molar refractivity (Wildman–Crippen MR) is 123 cm³/mol. The molecule has 8 heteroatoms. The maximum Gasteiger partial charge on any atom is 0.295 e. The average Bonchev–Trinajstić information content (AvgIpc) is 3.41. The van der Waals surface area contributed by atoms with Crippen molar-refractivity contribution in [2.45, 2.75) is 19.0 Å². The lowest BCUT2D eigenvalue weighted by molar-refractivity contribution is -0.139. The summed E-state index contributed by atoms with van der Waals surface area (Å²) in [5, 5.41) is 11.1. The Morgan fingerprint density at radius 1 is 1.16 bits per heavy atom. The number of amides is 1. The minimum absolute atomic E-state index is 0.0770. The summed E-state index contributed by atoms with van der Waals surface area (Å²) in [6, 6.07) is 13.5. The van der Waals surface area contributed by atoms with Crippen LogP contribution in [0.3, 0.4) is 0 Å². The smallest absolute Gasteiger partial charge is 0.295 e. The molecular formula is C24H22BrN3O4. The molecule has 1 atom stereocenters. The molecule has 0 bridgehead atoms. The van der Waals surface area contributed by atoms with Gasteiger partial charge in [-0.25, -0.2) is 4.98 Å². The molecule has 1 aliphatic heterocycles. The van der Waals surface area contributed by atoms with Crippen LogP contribution in [0.1, 0.15) is 23.6 Å². The van der Waals surface area contributed by atoms with Gasteiger partial charge < -0.3 is 19.3 Å². The molecule has 7 nitrogen and oxygen atoms in total. The Balaban J connectivity index is 1.74. The molecule has 0 saturated carbocycles. The van der Waals surface area contributed by atoms with Crippen LogP contribution in [-0.2, 0) is 16.1 Å². The number of rotatable bonds is 7. The van der Waals surface area contributed by atoms with Crippen LogP contribution in [0.2, 0.25) is 0 Å². The van der Waals surface area contributed by atoms with Crippen molar-refractivity contribution in [3.63, 3.8) is 0 Å². The van der Waals surface area contributed by atoms with E-state index in [1.165, 1.54) is 4.90 Å². The zero-order valence-corrected chi connectivity index (χ0v) is 19.0. The number of carbonyl (C=O) groups is 2. The fourth-order valence-electron chi connectivity index (χ4n) is 3.87. The van der Waals surface area contributed by atoms with Crippen molar-refractivity contribution >= 4 is 33.4 Å².